The Morgan fingerprint density at radius 1 is 1.08 bits per heavy atom. The first-order chi connectivity index (χ1) is 12.1. The molecule has 122 valence electrons. The van der Waals surface area contributed by atoms with Gasteiger partial charge in [-0.15, -0.1) is 0 Å². The molecule has 0 spiro atoms. The van der Waals surface area contributed by atoms with Crippen LogP contribution in [0.3, 0.4) is 0 Å². The van der Waals surface area contributed by atoms with Crippen molar-refractivity contribution in [2.45, 2.75) is 13.3 Å². The van der Waals surface area contributed by atoms with E-state index in [4.69, 9.17) is 11.6 Å². The number of ketones is 1. The lowest BCUT2D eigenvalue weighted by Crippen LogP contribution is -2.04. The Hall–Kier alpha value is -2.89. The maximum absolute atomic E-state index is 12.5. The summed E-state index contributed by atoms with van der Waals surface area (Å²) in [7, 11) is 0. The predicted molar refractivity (Wildman–Crippen MR) is 101 cm³/mol. The number of aromatic nitrogens is 1. The number of carbonyl (C=O) groups is 1. The summed E-state index contributed by atoms with van der Waals surface area (Å²) in [5.41, 5.74) is 4.35. The fourth-order valence-corrected chi connectivity index (χ4v) is 2.52. The van der Waals surface area contributed by atoms with Crippen LogP contribution < -0.4 is 0 Å². The molecule has 0 aliphatic rings. The number of aryl methyl sites for hydroxylation is 1. The number of benzene rings is 2. The van der Waals surface area contributed by atoms with E-state index in [9.17, 15) is 4.79 Å². The molecule has 3 aromatic rings. The molecule has 3 rings (SSSR count). The van der Waals surface area contributed by atoms with Crippen LogP contribution in [-0.2, 0) is 6.42 Å². The molecule has 0 bridgehead atoms. The summed E-state index contributed by atoms with van der Waals surface area (Å²) < 4.78 is 0. The van der Waals surface area contributed by atoms with Crippen molar-refractivity contribution in [2.75, 3.05) is 0 Å². The lowest BCUT2D eigenvalue weighted by Gasteiger charge is -2.05. The molecule has 0 saturated carbocycles. The number of nitrogens with zero attached hydrogens (tertiary/aromatic N) is 1. The van der Waals surface area contributed by atoms with Gasteiger partial charge in [0.05, 0.1) is 0 Å². The molecule has 0 fully saturated rings. The maximum atomic E-state index is 12.5. The number of rotatable bonds is 3. The molecule has 1 heterocycles. The summed E-state index contributed by atoms with van der Waals surface area (Å²) >= 11 is 5.88. The lowest BCUT2D eigenvalue weighted by molar-refractivity contribution is 0.0993. The molecule has 0 unspecified atom stereocenters. The first-order valence-electron chi connectivity index (χ1n) is 7.92. The van der Waals surface area contributed by atoms with Gasteiger partial charge in [0.2, 0.25) is 0 Å². The van der Waals surface area contributed by atoms with Gasteiger partial charge in [-0.3, -0.25) is 9.78 Å². The van der Waals surface area contributed by atoms with Crippen LogP contribution in [0.25, 0.3) is 0 Å². The highest BCUT2D eigenvalue weighted by atomic mass is 35.5. The molecule has 2 nitrogen and oxygen atoms in total. The first kappa shape index (κ1) is 17.0. The second-order valence-electron chi connectivity index (χ2n) is 5.75. The lowest BCUT2D eigenvalue weighted by atomic mass is 9.99. The van der Waals surface area contributed by atoms with Gasteiger partial charge in [-0.2, -0.15) is 0 Å². The summed E-state index contributed by atoms with van der Waals surface area (Å²) in [6, 6.07) is 16.7. The van der Waals surface area contributed by atoms with Crippen LogP contribution in [0.1, 0.15) is 32.6 Å². The van der Waals surface area contributed by atoms with E-state index in [1.807, 2.05) is 49.4 Å². The fourth-order valence-electron chi connectivity index (χ4n) is 2.40. The molecule has 25 heavy (non-hydrogen) atoms. The van der Waals surface area contributed by atoms with Crippen LogP contribution in [0.4, 0.5) is 0 Å². The zero-order chi connectivity index (χ0) is 17.6. The number of pyridine rings is 1. The van der Waals surface area contributed by atoms with E-state index in [1.54, 1.807) is 24.5 Å². The molecule has 2 aromatic carbocycles. The van der Waals surface area contributed by atoms with Gasteiger partial charge in [0, 0.05) is 40.5 Å². The Labute approximate surface area is 152 Å². The molecule has 0 radical (unpaired) electrons. The standard InChI is InChI=1S/C22H16ClNO/c1-16-4-8-20(22(25)13-17-6-10-21(23)11-7-17)14-19(16)9-5-18-3-2-12-24-15-18/h2-4,6-8,10-12,14-15H,13H2,1H3. The molecule has 3 heteroatoms. The van der Waals surface area contributed by atoms with Crippen molar-refractivity contribution in [2.24, 2.45) is 0 Å². The molecule has 1 aromatic heterocycles. The molecular formula is C22H16ClNO. The quantitative estimate of drug-likeness (QED) is 0.501. The van der Waals surface area contributed by atoms with Crippen LogP contribution in [-0.4, -0.2) is 10.8 Å². The SMILES string of the molecule is Cc1ccc(C(=O)Cc2ccc(Cl)cc2)cc1C#Cc1cccnc1. The van der Waals surface area contributed by atoms with Crippen molar-refractivity contribution in [3.05, 3.63) is 99.8 Å². The molecule has 0 amide bonds. The summed E-state index contributed by atoms with van der Waals surface area (Å²) in [5, 5.41) is 0.666. The van der Waals surface area contributed by atoms with Gasteiger partial charge in [0.25, 0.3) is 0 Å². The average Bonchev–Trinajstić information content (AvgIpc) is 2.64. The van der Waals surface area contributed by atoms with Crippen molar-refractivity contribution < 1.29 is 4.79 Å². The Morgan fingerprint density at radius 3 is 2.60 bits per heavy atom. The normalized spacial score (nSPS) is 10.0. The van der Waals surface area contributed by atoms with Crippen molar-refractivity contribution in [3.63, 3.8) is 0 Å². The second kappa shape index (κ2) is 7.79. The Kier molecular flexibility index (Phi) is 5.28. The van der Waals surface area contributed by atoms with Gasteiger partial charge < -0.3 is 0 Å². The number of Topliss-reactive ketones (excluding diaryl/α,β-unsaturated/α-hetero) is 1. The van der Waals surface area contributed by atoms with Gasteiger partial charge in [-0.05, 0) is 48.4 Å². The minimum Gasteiger partial charge on any atom is -0.294 e. The molecular weight excluding hydrogens is 330 g/mol. The van der Waals surface area contributed by atoms with Crippen LogP contribution in [0, 0.1) is 18.8 Å². The Bertz CT molecular complexity index is 951. The van der Waals surface area contributed by atoms with Crippen molar-refractivity contribution in [1.82, 2.24) is 4.98 Å². The number of halogens is 1. The summed E-state index contributed by atoms with van der Waals surface area (Å²) in [6.07, 6.45) is 3.78. The van der Waals surface area contributed by atoms with E-state index in [2.05, 4.69) is 16.8 Å². The Morgan fingerprint density at radius 2 is 1.88 bits per heavy atom. The minimum absolute atomic E-state index is 0.0618. The topological polar surface area (TPSA) is 30.0 Å². The maximum Gasteiger partial charge on any atom is 0.167 e. The highest BCUT2D eigenvalue weighted by Gasteiger charge is 2.09. The molecule has 0 aliphatic carbocycles. The molecule has 0 aliphatic heterocycles. The predicted octanol–water partition coefficient (Wildman–Crippen LogP) is 4.87. The minimum atomic E-state index is 0.0618. The van der Waals surface area contributed by atoms with Crippen LogP contribution in [0.2, 0.25) is 5.02 Å². The van der Waals surface area contributed by atoms with Crippen LogP contribution in [0.15, 0.2) is 67.0 Å². The van der Waals surface area contributed by atoms with Gasteiger partial charge in [0.15, 0.2) is 5.78 Å². The molecule has 0 saturated heterocycles. The second-order valence-corrected chi connectivity index (χ2v) is 6.18. The van der Waals surface area contributed by atoms with E-state index >= 15 is 0 Å². The fraction of sp³-hybridized carbons (Fsp3) is 0.0909. The highest BCUT2D eigenvalue weighted by molar-refractivity contribution is 6.30. The van der Waals surface area contributed by atoms with Gasteiger partial charge >= 0.3 is 0 Å². The van der Waals surface area contributed by atoms with Crippen molar-refractivity contribution in [3.8, 4) is 11.8 Å². The van der Waals surface area contributed by atoms with E-state index in [1.165, 1.54) is 0 Å². The summed E-state index contributed by atoms with van der Waals surface area (Å²) in [6.45, 7) is 1.99. The Balaban J connectivity index is 1.82. The smallest absolute Gasteiger partial charge is 0.167 e. The van der Waals surface area contributed by atoms with Crippen LogP contribution in [0.5, 0.6) is 0 Å². The third-order valence-corrected chi connectivity index (χ3v) is 4.09. The molecule has 0 atom stereocenters. The van der Waals surface area contributed by atoms with Crippen molar-refractivity contribution >= 4 is 17.4 Å². The van der Waals surface area contributed by atoms with Crippen LogP contribution >= 0.6 is 11.6 Å². The molecule has 0 N–H and O–H groups in total. The zero-order valence-electron chi connectivity index (χ0n) is 13.8. The average molecular weight is 346 g/mol. The van der Waals surface area contributed by atoms with E-state index in [0.717, 1.165) is 22.3 Å². The summed E-state index contributed by atoms with van der Waals surface area (Å²) in [5.74, 6) is 6.28. The third kappa shape index (κ3) is 4.56. The third-order valence-electron chi connectivity index (χ3n) is 3.84. The largest absolute Gasteiger partial charge is 0.294 e. The zero-order valence-corrected chi connectivity index (χ0v) is 14.5. The highest BCUT2D eigenvalue weighted by Crippen LogP contribution is 2.15. The van der Waals surface area contributed by atoms with Crippen molar-refractivity contribution in [1.29, 1.82) is 0 Å². The van der Waals surface area contributed by atoms with Gasteiger partial charge in [0.1, 0.15) is 0 Å². The van der Waals surface area contributed by atoms with Gasteiger partial charge in [-0.1, -0.05) is 47.7 Å². The van der Waals surface area contributed by atoms with E-state index < -0.39 is 0 Å². The number of hydrogen-bond acceptors (Lipinski definition) is 2. The van der Waals surface area contributed by atoms with E-state index in [0.29, 0.717) is 17.0 Å². The number of hydrogen-bond donors (Lipinski definition) is 0. The monoisotopic (exact) mass is 345 g/mol. The summed E-state index contributed by atoms with van der Waals surface area (Å²) in [4.78, 5) is 16.6. The van der Waals surface area contributed by atoms with E-state index in [-0.39, 0.29) is 5.78 Å². The van der Waals surface area contributed by atoms with Gasteiger partial charge in [-0.25, -0.2) is 0 Å². The first-order valence-corrected chi connectivity index (χ1v) is 8.30. The number of carbonyl (C=O) groups excluding carboxylic acids is 1.